The quantitative estimate of drug-likeness (QED) is 0.920. The molecule has 118 valence electrons. The minimum atomic E-state index is 0.0582. The van der Waals surface area contributed by atoms with Gasteiger partial charge in [-0.25, -0.2) is 0 Å². The molecule has 1 aliphatic rings. The summed E-state index contributed by atoms with van der Waals surface area (Å²) in [6.45, 7) is 5.25. The smallest absolute Gasteiger partial charge is 0.234 e. The highest BCUT2D eigenvalue weighted by atomic mass is 32.1. The topological polar surface area (TPSA) is 58.4 Å². The molecule has 0 aromatic carbocycles. The fraction of sp³-hybridized carbons (Fsp3) is 0.500. The van der Waals surface area contributed by atoms with Crippen molar-refractivity contribution in [2.45, 2.75) is 38.8 Å². The van der Waals surface area contributed by atoms with E-state index in [9.17, 15) is 4.79 Å². The zero-order valence-electron chi connectivity index (χ0n) is 12.9. The molecule has 0 aliphatic carbocycles. The van der Waals surface area contributed by atoms with Crippen LogP contribution in [0.15, 0.2) is 28.1 Å². The summed E-state index contributed by atoms with van der Waals surface area (Å²) in [5.74, 6) is 0.880. The number of carbonyl (C=O) groups excluding carboxylic acids is 1. The first-order chi connectivity index (χ1) is 10.6. The number of nitrogens with one attached hydrogen (secondary N) is 1. The molecule has 1 saturated heterocycles. The lowest BCUT2D eigenvalue weighted by Crippen LogP contribution is -2.37. The predicted molar refractivity (Wildman–Crippen MR) is 85.7 cm³/mol. The Morgan fingerprint density at radius 2 is 2.50 bits per heavy atom. The van der Waals surface area contributed by atoms with E-state index in [1.807, 2.05) is 37.4 Å². The van der Waals surface area contributed by atoms with Crippen molar-refractivity contribution in [1.29, 1.82) is 0 Å². The molecular formula is C16H21N3O2S. The molecule has 5 nitrogen and oxygen atoms in total. The van der Waals surface area contributed by atoms with E-state index in [4.69, 9.17) is 4.52 Å². The van der Waals surface area contributed by atoms with Crippen LogP contribution in [0, 0.1) is 6.92 Å². The van der Waals surface area contributed by atoms with Gasteiger partial charge in [0.05, 0.1) is 18.6 Å². The number of likely N-dealkylation sites (tertiary alicyclic amines) is 1. The first kappa shape index (κ1) is 15.2. The Morgan fingerprint density at radius 3 is 3.18 bits per heavy atom. The minimum Gasteiger partial charge on any atom is -0.361 e. The molecule has 0 unspecified atom stereocenters. The molecule has 3 heterocycles. The molecule has 1 fully saturated rings. The highest BCUT2D eigenvalue weighted by molar-refractivity contribution is 7.10. The molecule has 22 heavy (non-hydrogen) atoms. The van der Waals surface area contributed by atoms with Crippen molar-refractivity contribution in [3.8, 4) is 0 Å². The monoisotopic (exact) mass is 319 g/mol. The van der Waals surface area contributed by atoms with Crippen molar-refractivity contribution < 1.29 is 9.32 Å². The van der Waals surface area contributed by atoms with Crippen LogP contribution < -0.4 is 5.32 Å². The zero-order chi connectivity index (χ0) is 15.5. The molecule has 0 saturated carbocycles. The van der Waals surface area contributed by atoms with Gasteiger partial charge in [-0.2, -0.15) is 0 Å². The first-order valence-electron chi connectivity index (χ1n) is 7.63. The number of carbonyl (C=O) groups is 1. The van der Waals surface area contributed by atoms with Crippen molar-refractivity contribution in [2.24, 2.45) is 0 Å². The Labute approximate surface area is 134 Å². The maximum atomic E-state index is 12.3. The SMILES string of the molecule is Cc1cc([C@H]2CCCN2CC(=O)N[C@H](C)c2cccs2)no1. The molecule has 6 heteroatoms. The van der Waals surface area contributed by atoms with Crippen LogP contribution in [0.3, 0.4) is 0 Å². The summed E-state index contributed by atoms with van der Waals surface area (Å²) in [4.78, 5) is 15.7. The zero-order valence-corrected chi connectivity index (χ0v) is 13.7. The summed E-state index contributed by atoms with van der Waals surface area (Å²) in [7, 11) is 0. The van der Waals surface area contributed by atoms with Crippen LogP contribution in [0.5, 0.6) is 0 Å². The molecule has 1 amide bonds. The van der Waals surface area contributed by atoms with Crippen LogP contribution in [0.4, 0.5) is 0 Å². The van der Waals surface area contributed by atoms with Gasteiger partial charge >= 0.3 is 0 Å². The summed E-state index contributed by atoms with van der Waals surface area (Å²) in [6.07, 6.45) is 2.12. The van der Waals surface area contributed by atoms with Gasteiger partial charge in [-0.3, -0.25) is 9.69 Å². The van der Waals surface area contributed by atoms with Crippen molar-refractivity contribution in [3.05, 3.63) is 39.9 Å². The average Bonchev–Trinajstić information content (AvgIpc) is 3.18. The minimum absolute atomic E-state index is 0.0582. The second-order valence-corrected chi connectivity index (χ2v) is 6.77. The molecule has 1 N–H and O–H groups in total. The van der Waals surface area contributed by atoms with E-state index in [0.717, 1.165) is 30.8 Å². The molecule has 2 aromatic rings. The molecule has 2 aromatic heterocycles. The van der Waals surface area contributed by atoms with Crippen LogP contribution in [-0.4, -0.2) is 29.1 Å². The molecule has 0 spiro atoms. The van der Waals surface area contributed by atoms with Gasteiger partial charge in [0, 0.05) is 10.9 Å². The second-order valence-electron chi connectivity index (χ2n) is 5.80. The van der Waals surface area contributed by atoms with E-state index in [2.05, 4.69) is 15.4 Å². The third-order valence-electron chi connectivity index (χ3n) is 4.05. The third kappa shape index (κ3) is 3.39. The Hall–Kier alpha value is -1.66. The number of hydrogen-bond donors (Lipinski definition) is 1. The molecule has 0 bridgehead atoms. The highest BCUT2D eigenvalue weighted by Crippen LogP contribution is 2.31. The van der Waals surface area contributed by atoms with E-state index in [1.165, 1.54) is 4.88 Å². The van der Waals surface area contributed by atoms with Crippen molar-refractivity contribution in [2.75, 3.05) is 13.1 Å². The standard InChI is InChI=1S/C16H21N3O2S/c1-11-9-13(18-21-11)14-5-3-7-19(14)10-16(20)17-12(2)15-6-4-8-22-15/h4,6,8-9,12,14H,3,5,7,10H2,1-2H3,(H,17,20)/t12-,14-/m1/s1. The Balaban J connectivity index is 1.58. The highest BCUT2D eigenvalue weighted by Gasteiger charge is 2.30. The van der Waals surface area contributed by atoms with Gasteiger partial charge in [-0.1, -0.05) is 11.2 Å². The van der Waals surface area contributed by atoms with Gasteiger partial charge in [-0.15, -0.1) is 11.3 Å². The molecule has 2 atom stereocenters. The van der Waals surface area contributed by atoms with Gasteiger partial charge in [-0.05, 0) is 44.7 Å². The molecular weight excluding hydrogens is 298 g/mol. The lowest BCUT2D eigenvalue weighted by molar-refractivity contribution is -0.123. The van der Waals surface area contributed by atoms with Gasteiger partial charge in [0.2, 0.25) is 5.91 Å². The number of hydrogen-bond acceptors (Lipinski definition) is 5. The van der Waals surface area contributed by atoms with Gasteiger partial charge in [0.1, 0.15) is 11.5 Å². The number of amides is 1. The third-order valence-corrected chi connectivity index (χ3v) is 5.10. The van der Waals surface area contributed by atoms with E-state index >= 15 is 0 Å². The van der Waals surface area contributed by atoms with E-state index in [0.29, 0.717) is 6.54 Å². The van der Waals surface area contributed by atoms with Crippen molar-refractivity contribution >= 4 is 17.2 Å². The lowest BCUT2D eigenvalue weighted by Gasteiger charge is -2.23. The van der Waals surface area contributed by atoms with Crippen LogP contribution in [0.2, 0.25) is 0 Å². The second kappa shape index (κ2) is 6.62. The van der Waals surface area contributed by atoms with E-state index < -0.39 is 0 Å². The lowest BCUT2D eigenvalue weighted by atomic mass is 10.1. The average molecular weight is 319 g/mol. The maximum absolute atomic E-state index is 12.3. The van der Waals surface area contributed by atoms with E-state index in [1.54, 1.807) is 11.3 Å². The van der Waals surface area contributed by atoms with Gasteiger partial charge in [0.15, 0.2) is 0 Å². The fourth-order valence-electron chi connectivity index (χ4n) is 2.97. The summed E-state index contributed by atoms with van der Waals surface area (Å²) in [5, 5.41) is 9.21. The number of thiophene rings is 1. The summed E-state index contributed by atoms with van der Waals surface area (Å²) in [6, 6.07) is 6.27. The van der Waals surface area contributed by atoms with Crippen LogP contribution in [0.1, 0.15) is 48.2 Å². The Morgan fingerprint density at radius 1 is 1.64 bits per heavy atom. The molecule has 3 rings (SSSR count). The number of nitrogens with zero attached hydrogens (tertiary/aromatic N) is 2. The van der Waals surface area contributed by atoms with Crippen LogP contribution in [-0.2, 0) is 4.79 Å². The summed E-state index contributed by atoms with van der Waals surface area (Å²) in [5.41, 5.74) is 0.939. The summed E-state index contributed by atoms with van der Waals surface area (Å²) >= 11 is 1.67. The predicted octanol–water partition coefficient (Wildman–Crippen LogP) is 3.06. The van der Waals surface area contributed by atoms with Crippen LogP contribution >= 0.6 is 11.3 Å². The van der Waals surface area contributed by atoms with Crippen LogP contribution in [0.25, 0.3) is 0 Å². The molecule has 0 radical (unpaired) electrons. The number of aromatic nitrogens is 1. The normalized spacial score (nSPS) is 20.2. The first-order valence-corrected chi connectivity index (χ1v) is 8.51. The Bertz CT molecular complexity index is 623. The van der Waals surface area contributed by atoms with Gasteiger partial charge in [0.25, 0.3) is 0 Å². The number of aryl methyl sites for hydroxylation is 1. The maximum Gasteiger partial charge on any atom is 0.234 e. The van der Waals surface area contributed by atoms with Crippen molar-refractivity contribution in [3.63, 3.8) is 0 Å². The number of rotatable bonds is 5. The molecule has 1 aliphatic heterocycles. The van der Waals surface area contributed by atoms with E-state index in [-0.39, 0.29) is 18.0 Å². The van der Waals surface area contributed by atoms with Crippen molar-refractivity contribution in [1.82, 2.24) is 15.4 Å². The van der Waals surface area contributed by atoms with Gasteiger partial charge < -0.3 is 9.84 Å². The Kier molecular flexibility index (Phi) is 4.59. The largest absolute Gasteiger partial charge is 0.361 e. The fourth-order valence-corrected chi connectivity index (χ4v) is 3.71. The summed E-state index contributed by atoms with van der Waals surface area (Å²) < 4.78 is 5.17.